The molecule has 1 unspecified atom stereocenters. The van der Waals surface area contributed by atoms with E-state index in [4.69, 9.17) is 22.3 Å². The smallest absolute Gasteiger partial charge is 0.267 e. The van der Waals surface area contributed by atoms with E-state index in [0.29, 0.717) is 27.4 Å². The highest BCUT2D eigenvalue weighted by atomic mass is 35.5. The second kappa shape index (κ2) is 6.75. The maximum atomic E-state index is 13.3. The van der Waals surface area contributed by atoms with Crippen LogP contribution < -0.4 is 11.3 Å². The molecular formula is C21H16ClN3O. The molecule has 4 nitrogen and oxygen atoms in total. The van der Waals surface area contributed by atoms with Gasteiger partial charge in [-0.2, -0.15) is 0 Å². The molecule has 1 heterocycles. The minimum atomic E-state index is -0.549. The normalized spacial score (nSPS) is 12.2. The molecule has 128 valence electrons. The molecule has 0 aliphatic heterocycles. The van der Waals surface area contributed by atoms with Crippen molar-refractivity contribution in [1.29, 1.82) is 0 Å². The van der Waals surface area contributed by atoms with Gasteiger partial charge in [0.05, 0.1) is 27.7 Å². The van der Waals surface area contributed by atoms with Crippen molar-refractivity contribution in [3.63, 3.8) is 0 Å². The third kappa shape index (κ3) is 2.79. The zero-order valence-electron chi connectivity index (χ0n) is 13.8. The molecule has 26 heavy (non-hydrogen) atoms. The topological polar surface area (TPSA) is 60.9 Å². The Balaban J connectivity index is 2.07. The Hall–Kier alpha value is -2.95. The zero-order chi connectivity index (χ0) is 18.1. The van der Waals surface area contributed by atoms with E-state index >= 15 is 0 Å². The summed E-state index contributed by atoms with van der Waals surface area (Å²) < 4.78 is 1.55. The number of hydrogen-bond donors (Lipinski definition) is 1. The van der Waals surface area contributed by atoms with Crippen LogP contribution in [-0.2, 0) is 0 Å². The van der Waals surface area contributed by atoms with Crippen molar-refractivity contribution >= 4 is 22.5 Å². The van der Waals surface area contributed by atoms with Crippen LogP contribution >= 0.6 is 11.6 Å². The van der Waals surface area contributed by atoms with Crippen LogP contribution in [0.2, 0.25) is 5.02 Å². The van der Waals surface area contributed by atoms with E-state index < -0.39 is 6.04 Å². The Bertz CT molecular complexity index is 1120. The van der Waals surface area contributed by atoms with E-state index in [-0.39, 0.29) is 5.56 Å². The SMILES string of the molecule is NC(c1ccccc1)c1nc2cccc(Cl)c2c(=O)n1-c1ccccc1. The number of nitrogens with zero attached hydrogens (tertiary/aromatic N) is 2. The summed E-state index contributed by atoms with van der Waals surface area (Å²) in [6.07, 6.45) is 0. The quantitative estimate of drug-likeness (QED) is 0.598. The summed E-state index contributed by atoms with van der Waals surface area (Å²) in [5.74, 6) is 0.474. The number of hydrogen-bond acceptors (Lipinski definition) is 3. The highest BCUT2D eigenvalue weighted by Gasteiger charge is 2.20. The maximum absolute atomic E-state index is 13.3. The van der Waals surface area contributed by atoms with Crippen molar-refractivity contribution in [1.82, 2.24) is 9.55 Å². The molecule has 2 N–H and O–H groups in total. The molecule has 1 aromatic heterocycles. The molecule has 1 atom stereocenters. The molecular weight excluding hydrogens is 346 g/mol. The molecule has 4 aromatic rings. The molecule has 4 rings (SSSR count). The number of nitrogens with two attached hydrogens (primary N) is 1. The van der Waals surface area contributed by atoms with Gasteiger partial charge in [0.25, 0.3) is 5.56 Å². The second-order valence-corrected chi connectivity index (χ2v) is 6.38. The van der Waals surface area contributed by atoms with Crippen molar-refractivity contribution < 1.29 is 0 Å². The van der Waals surface area contributed by atoms with E-state index in [1.807, 2.05) is 60.7 Å². The first kappa shape index (κ1) is 16.5. The number of halogens is 1. The van der Waals surface area contributed by atoms with Crippen LogP contribution in [0.25, 0.3) is 16.6 Å². The van der Waals surface area contributed by atoms with Gasteiger partial charge in [0.15, 0.2) is 0 Å². The number of aromatic nitrogens is 2. The van der Waals surface area contributed by atoms with E-state index in [1.54, 1.807) is 22.8 Å². The molecule has 0 saturated carbocycles. The lowest BCUT2D eigenvalue weighted by Crippen LogP contribution is -2.29. The Morgan fingerprint density at radius 3 is 2.23 bits per heavy atom. The average molecular weight is 362 g/mol. The third-order valence-corrected chi connectivity index (χ3v) is 4.64. The molecule has 0 spiro atoms. The van der Waals surface area contributed by atoms with Gasteiger partial charge in [-0.05, 0) is 29.8 Å². The molecule has 0 bridgehead atoms. The fraction of sp³-hybridized carbons (Fsp3) is 0.0476. The van der Waals surface area contributed by atoms with Gasteiger partial charge >= 0.3 is 0 Å². The number of fused-ring (bicyclic) bond motifs is 1. The summed E-state index contributed by atoms with van der Waals surface area (Å²) in [5, 5.41) is 0.770. The Morgan fingerprint density at radius 1 is 0.885 bits per heavy atom. The van der Waals surface area contributed by atoms with E-state index in [0.717, 1.165) is 5.56 Å². The summed E-state index contributed by atoms with van der Waals surface area (Å²) in [5.41, 5.74) is 8.39. The fourth-order valence-corrected chi connectivity index (χ4v) is 3.30. The Labute approximate surface area is 155 Å². The molecule has 0 amide bonds. The van der Waals surface area contributed by atoms with Crippen molar-refractivity contribution in [3.05, 3.63) is 106 Å². The lowest BCUT2D eigenvalue weighted by molar-refractivity contribution is 0.729. The largest absolute Gasteiger partial charge is 0.318 e. The molecule has 0 aliphatic rings. The van der Waals surface area contributed by atoms with Crippen molar-refractivity contribution in [3.8, 4) is 5.69 Å². The van der Waals surface area contributed by atoms with Gasteiger partial charge in [0.2, 0.25) is 0 Å². The van der Waals surface area contributed by atoms with Gasteiger partial charge < -0.3 is 5.73 Å². The van der Waals surface area contributed by atoms with Gasteiger partial charge in [-0.1, -0.05) is 66.2 Å². The van der Waals surface area contributed by atoms with E-state index in [1.165, 1.54) is 0 Å². The van der Waals surface area contributed by atoms with Gasteiger partial charge in [-0.15, -0.1) is 0 Å². The molecule has 5 heteroatoms. The van der Waals surface area contributed by atoms with E-state index in [9.17, 15) is 4.79 Å². The lowest BCUT2D eigenvalue weighted by Gasteiger charge is -2.19. The van der Waals surface area contributed by atoms with Crippen molar-refractivity contribution in [2.45, 2.75) is 6.04 Å². The average Bonchev–Trinajstić information content (AvgIpc) is 2.68. The van der Waals surface area contributed by atoms with Gasteiger partial charge in [-0.3, -0.25) is 9.36 Å². The van der Waals surface area contributed by atoms with Gasteiger partial charge in [-0.25, -0.2) is 4.98 Å². The molecule has 3 aromatic carbocycles. The predicted molar refractivity (Wildman–Crippen MR) is 105 cm³/mol. The first-order valence-electron chi connectivity index (χ1n) is 8.24. The monoisotopic (exact) mass is 361 g/mol. The van der Waals surface area contributed by atoms with Crippen LogP contribution in [-0.4, -0.2) is 9.55 Å². The number of para-hydroxylation sites is 1. The van der Waals surface area contributed by atoms with Crippen molar-refractivity contribution in [2.75, 3.05) is 0 Å². The van der Waals surface area contributed by atoms with Crippen LogP contribution in [0.1, 0.15) is 17.4 Å². The van der Waals surface area contributed by atoms with Crippen LogP contribution in [0.4, 0.5) is 0 Å². The zero-order valence-corrected chi connectivity index (χ0v) is 14.6. The standard InChI is InChI=1S/C21H16ClN3O/c22-16-12-7-13-17-18(16)21(26)25(15-10-5-2-6-11-15)20(24-17)19(23)14-8-3-1-4-9-14/h1-13,19H,23H2. The molecule has 0 aliphatic carbocycles. The van der Waals surface area contributed by atoms with Crippen LogP contribution in [0.15, 0.2) is 83.7 Å². The maximum Gasteiger partial charge on any atom is 0.267 e. The summed E-state index contributed by atoms with van der Waals surface area (Å²) in [6, 6.07) is 23.7. The first-order chi connectivity index (χ1) is 12.7. The van der Waals surface area contributed by atoms with Crippen LogP contribution in [0, 0.1) is 0 Å². The van der Waals surface area contributed by atoms with Crippen LogP contribution in [0.5, 0.6) is 0 Å². The van der Waals surface area contributed by atoms with Gasteiger partial charge in [0, 0.05) is 0 Å². The van der Waals surface area contributed by atoms with Crippen molar-refractivity contribution in [2.24, 2.45) is 5.73 Å². The van der Waals surface area contributed by atoms with Gasteiger partial charge in [0.1, 0.15) is 5.82 Å². The lowest BCUT2D eigenvalue weighted by atomic mass is 10.1. The Kier molecular flexibility index (Phi) is 4.29. The molecule has 0 saturated heterocycles. The predicted octanol–water partition coefficient (Wildman–Crippen LogP) is 4.09. The number of benzene rings is 3. The summed E-state index contributed by atoms with van der Waals surface area (Å²) >= 11 is 6.29. The molecule has 0 radical (unpaired) electrons. The van der Waals surface area contributed by atoms with Crippen LogP contribution in [0.3, 0.4) is 0 Å². The fourth-order valence-electron chi connectivity index (χ4n) is 3.05. The molecule has 0 fully saturated rings. The highest BCUT2D eigenvalue weighted by molar-refractivity contribution is 6.35. The third-order valence-electron chi connectivity index (χ3n) is 4.32. The highest BCUT2D eigenvalue weighted by Crippen LogP contribution is 2.24. The summed E-state index contributed by atoms with van der Waals surface area (Å²) in [7, 11) is 0. The second-order valence-electron chi connectivity index (χ2n) is 5.97. The summed E-state index contributed by atoms with van der Waals surface area (Å²) in [6.45, 7) is 0. The summed E-state index contributed by atoms with van der Waals surface area (Å²) in [4.78, 5) is 18.0. The minimum Gasteiger partial charge on any atom is -0.318 e. The van der Waals surface area contributed by atoms with E-state index in [2.05, 4.69) is 0 Å². The minimum absolute atomic E-state index is 0.229. The Morgan fingerprint density at radius 2 is 1.54 bits per heavy atom. The first-order valence-corrected chi connectivity index (χ1v) is 8.62. The number of rotatable bonds is 3.